The summed E-state index contributed by atoms with van der Waals surface area (Å²) in [7, 11) is 0. The highest BCUT2D eigenvalue weighted by Gasteiger charge is 2.11. The summed E-state index contributed by atoms with van der Waals surface area (Å²) in [4.78, 5) is 0. The van der Waals surface area contributed by atoms with Crippen molar-refractivity contribution in [1.29, 1.82) is 0 Å². The summed E-state index contributed by atoms with van der Waals surface area (Å²) in [5, 5.41) is 10.6. The number of hydrogen-bond donors (Lipinski definition) is 1. The van der Waals surface area contributed by atoms with Crippen molar-refractivity contribution >= 4 is 11.6 Å². The maximum atomic E-state index is 9.87. The van der Waals surface area contributed by atoms with Gasteiger partial charge in [0, 0.05) is 5.02 Å². The normalized spacial score (nSPS) is 13.2. The van der Waals surface area contributed by atoms with Crippen molar-refractivity contribution < 1.29 is 9.84 Å². The van der Waals surface area contributed by atoms with Crippen LogP contribution in [0.5, 0.6) is 0 Å². The van der Waals surface area contributed by atoms with Gasteiger partial charge in [0.15, 0.2) is 0 Å². The van der Waals surface area contributed by atoms with E-state index < -0.39 is 6.10 Å². The van der Waals surface area contributed by atoms with Crippen LogP contribution < -0.4 is 0 Å². The highest BCUT2D eigenvalue weighted by molar-refractivity contribution is 6.30. The average Bonchev–Trinajstić information content (AvgIpc) is 2.14. The number of halogens is 1. The fourth-order valence-electron chi connectivity index (χ4n) is 1.39. The SMILES string of the molecule is Cc1cc(Cl)ccc1C(O)COC(C)C. The molecule has 0 radical (unpaired) electrons. The summed E-state index contributed by atoms with van der Waals surface area (Å²) in [6.45, 7) is 6.14. The predicted octanol–water partition coefficient (Wildman–Crippen LogP) is 3.11. The van der Waals surface area contributed by atoms with Crippen molar-refractivity contribution in [3.05, 3.63) is 34.3 Å². The van der Waals surface area contributed by atoms with E-state index in [-0.39, 0.29) is 6.10 Å². The molecule has 1 N–H and O–H groups in total. The lowest BCUT2D eigenvalue weighted by molar-refractivity contribution is 0.00469. The Balaban J connectivity index is 2.69. The van der Waals surface area contributed by atoms with Crippen LogP contribution in [-0.4, -0.2) is 17.8 Å². The Hall–Kier alpha value is -0.570. The number of aliphatic hydroxyl groups is 1. The van der Waals surface area contributed by atoms with Crippen LogP contribution in [-0.2, 0) is 4.74 Å². The average molecular weight is 229 g/mol. The highest BCUT2D eigenvalue weighted by atomic mass is 35.5. The summed E-state index contributed by atoms with van der Waals surface area (Å²) in [5.74, 6) is 0. The maximum absolute atomic E-state index is 9.87. The van der Waals surface area contributed by atoms with Crippen molar-refractivity contribution in [2.75, 3.05) is 6.61 Å². The summed E-state index contributed by atoms with van der Waals surface area (Å²) in [6.07, 6.45) is -0.447. The Morgan fingerprint density at radius 1 is 1.40 bits per heavy atom. The van der Waals surface area contributed by atoms with Gasteiger partial charge >= 0.3 is 0 Å². The van der Waals surface area contributed by atoms with Crippen LogP contribution in [0.25, 0.3) is 0 Å². The summed E-state index contributed by atoms with van der Waals surface area (Å²) in [5.41, 5.74) is 1.86. The first kappa shape index (κ1) is 12.5. The first-order valence-electron chi connectivity index (χ1n) is 5.06. The minimum absolute atomic E-state index is 0.132. The van der Waals surface area contributed by atoms with Crippen LogP contribution in [0.15, 0.2) is 18.2 Å². The molecule has 1 rings (SSSR count). The van der Waals surface area contributed by atoms with E-state index in [4.69, 9.17) is 16.3 Å². The standard InChI is InChI=1S/C12H17ClO2/c1-8(2)15-7-12(14)11-5-4-10(13)6-9(11)3/h4-6,8,12,14H,7H2,1-3H3. The molecule has 2 nitrogen and oxygen atoms in total. The minimum Gasteiger partial charge on any atom is -0.386 e. The predicted molar refractivity (Wildman–Crippen MR) is 62.2 cm³/mol. The minimum atomic E-state index is -0.579. The third kappa shape index (κ3) is 3.82. The van der Waals surface area contributed by atoms with Gasteiger partial charge < -0.3 is 9.84 Å². The molecule has 1 unspecified atom stereocenters. The zero-order valence-corrected chi connectivity index (χ0v) is 10.1. The number of rotatable bonds is 4. The molecule has 0 aliphatic rings. The van der Waals surface area contributed by atoms with E-state index in [1.165, 1.54) is 0 Å². The lowest BCUT2D eigenvalue weighted by Gasteiger charge is -2.15. The van der Waals surface area contributed by atoms with E-state index in [2.05, 4.69) is 0 Å². The molecule has 0 aromatic heterocycles. The zero-order valence-electron chi connectivity index (χ0n) is 9.33. The Morgan fingerprint density at radius 3 is 2.60 bits per heavy atom. The molecule has 0 aliphatic heterocycles. The van der Waals surface area contributed by atoms with Crippen molar-refractivity contribution in [2.45, 2.75) is 33.0 Å². The maximum Gasteiger partial charge on any atom is 0.103 e. The van der Waals surface area contributed by atoms with Gasteiger partial charge in [-0.3, -0.25) is 0 Å². The first-order chi connectivity index (χ1) is 7.00. The van der Waals surface area contributed by atoms with Crippen LogP contribution in [0.3, 0.4) is 0 Å². The van der Waals surface area contributed by atoms with Gasteiger partial charge in [0.1, 0.15) is 6.10 Å². The quantitative estimate of drug-likeness (QED) is 0.858. The van der Waals surface area contributed by atoms with Crippen LogP contribution in [0, 0.1) is 6.92 Å². The van der Waals surface area contributed by atoms with E-state index >= 15 is 0 Å². The second-order valence-corrected chi connectivity index (χ2v) is 4.34. The second kappa shape index (κ2) is 5.50. The Labute approximate surface area is 95.8 Å². The van der Waals surface area contributed by atoms with Crippen LogP contribution in [0.1, 0.15) is 31.1 Å². The molecule has 0 aliphatic carbocycles. The van der Waals surface area contributed by atoms with Crippen molar-refractivity contribution in [3.8, 4) is 0 Å². The monoisotopic (exact) mass is 228 g/mol. The molecule has 0 amide bonds. The van der Waals surface area contributed by atoms with E-state index in [9.17, 15) is 5.11 Å². The fourth-order valence-corrected chi connectivity index (χ4v) is 1.61. The highest BCUT2D eigenvalue weighted by Crippen LogP contribution is 2.21. The molecule has 0 fully saturated rings. The number of hydrogen-bond acceptors (Lipinski definition) is 2. The molecule has 15 heavy (non-hydrogen) atoms. The van der Waals surface area contributed by atoms with E-state index in [1.807, 2.05) is 32.9 Å². The number of aryl methyl sites for hydroxylation is 1. The summed E-state index contributed by atoms with van der Waals surface area (Å²) < 4.78 is 5.36. The lowest BCUT2D eigenvalue weighted by Crippen LogP contribution is -2.12. The largest absolute Gasteiger partial charge is 0.386 e. The van der Waals surface area contributed by atoms with E-state index in [0.717, 1.165) is 11.1 Å². The van der Waals surface area contributed by atoms with Gasteiger partial charge in [-0.2, -0.15) is 0 Å². The molecule has 1 atom stereocenters. The van der Waals surface area contributed by atoms with Crippen LogP contribution >= 0.6 is 11.6 Å². The van der Waals surface area contributed by atoms with Gasteiger partial charge in [-0.25, -0.2) is 0 Å². The second-order valence-electron chi connectivity index (χ2n) is 3.90. The van der Waals surface area contributed by atoms with Gasteiger partial charge in [0.05, 0.1) is 12.7 Å². The van der Waals surface area contributed by atoms with Gasteiger partial charge in [0.2, 0.25) is 0 Å². The smallest absolute Gasteiger partial charge is 0.103 e. The molecule has 3 heteroatoms. The first-order valence-corrected chi connectivity index (χ1v) is 5.44. The molecule has 0 spiro atoms. The third-order valence-corrected chi connectivity index (χ3v) is 2.41. The topological polar surface area (TPSA) is 29.5 Å². The molecular formula is C12H17ClO2. The fraction of sp³-hybridized carbons (Fsp3) is 0.500. The van der Waals surface area contributed by atoms with E-state index in [1.54, 1.807) is 6.07 Å². The van der Waals surface area contributed by atoms with Gasteiger partial charge in [-0.15, -0.1) is 0 Å². The number of benzene rings is 1. The molecule has 0 heterocycles. The van der Waals surface area contributed by atoms with Gasteiger partial charge in [-0.1, -0.05) is 17.7 Å². The molecule has 1 aromatic rings. The number of aliphatic hydroxyl groups excluding tert-OH is 1. The Bertz CT molecular complexity index is 323. The molecule has 0 saturated heterocycles. The van der Waals surface area contributed by atoms with Crippen molar-refractivity contribution in [1.82, 2.24) is 0 Å². The third-order valence-electron chi connectivity index (χ3n) is 2.18. The number of ether oxygens (including phenoxy) is 1. The van der Waals surface area contributed by atoms with Gasteiger partial charge in [0.25, 0.3) is 0 Å². The molecule has 84 valence electrons. The summed E-state index contributed by atoms with van der Waals surface area (Å²) in [6, 6.07) is 5.46. The van der Waals surface area contributed by atoms with Crippen molar-refractivity contribution in [3.63, 3.8) is 0 Å². The lowest BCUT2D eigenvalue weighted by atomic mass is 10.0. The molecule has 0 bridgehead atoms. The Morgan fingerprint density at radius 2 is 2.07 bits per heavy atom. The van der Waals surface area contributed by atoms with Crippen LogP contribution in [0.4, 0.5) is 0 Å². The molecular weight excluding hydrogens is 212 g/mol. The van der Waals surface area contributed by atoms with Gasteiger partial charge in [-0.05, 0) is 44.0 Å². The Kier molecular flexibility index (Phi) is 4.58. The molecule has 0 saturated carbocycles. The van der Waals surface area contributed by atoms with Crippen LogP contribution in [0.2, 0.25) is 5.02 Å². The zero-order chi connectivity index (χ0) is 11.4. The molecule has 1 aromatic carbocycles. The summed E-state index contributed by atoms with van der Waals surface area (Å²) >= 11 is 5.84. The van der Waals surface area contributed by atoms with E-state index in [0.29, 0.717) is 11.6 Å². The van der Waals surface area contributed by atoms with Crippen molar-refractivity contribution in [2.24, 2.45) is 0 Å².